The molecule has 118 valence electrons. The highest BCUT2D eigenvalue weighted by molar-refractivity contribution is 6.36. The summed E-state index contributed by atoms with van der Waals surface area (Å²) in [6.07, 6.45) is 2.42. The quantitative estimate of drug-likeness (QED) is 0.777. The number of nitrogens with zero attached hydrogens (tertiary/aromatic N) is 2. The third-order valence-electron chi connectivity index (χ3n) is 3.57. The van der Waals surface area contributed by atoms with Gasteiger partial charge in [-0.1, -0.05) is 53.5 Å². The Morgan fingerprint density at radius 2 is 2.00 bits per heavy atom. The van der Waals surface area contributed by atoms with E-state index in [0.717, 1.165) is 6.42 Å². The molecule has 0 aliphatic heterocycles. The molecular formula is C17H15Cl2N3O. The maximum atomic E-state index is 12.5. The normalized spacial score (nSPS) is 10.9. The van der Waals surface area contributed by atoms with E-state index in [1.807, 2.05) is 30.3 Å². The number of rotatable bonds is 4. The first-order chi connectivity index (χ1) is 11.1. The zero-order chi connectivity index (χ0) is 16.4. The van der Waals surface area contributed by atoms with Crippen LogP contribution in [0.25, 0.3) is 5.65 Å². The molecule has 1 N–H and O–H groups in total. The number of pyridine rings is 1. The van der Waals surface area contributed by atoms with E-state index < -0.39 is 0 Å². The molecule has 0 unspecified atom stereocenters. The van der Waals surface area contributed by atoms with Gasteiger partial charge in [0.05, 0.1) is 15.7 Å². The standard InChI is InChI=1S/C17H15Cl2N3O/c1-11-15(22-10-13(18)9-14(19)16(22)21-11)17(23)20-8-7-12-5-3-2-4-6-12/h2-6,9-10H,7-8H2,1H3,(H,20,23). The maximum Gasteiger partial charge on any atom is 0.270 e. The Morgan fingerprint density at radius 3 is 2.74 bits per heavy atom. The summed E-state index contributed by atoms with van der Waals surface area (Å²) in [6.45, 7) is 2.33. The second-order valence-electron chi connectivity index (χ2n) is 5.24. The number of aryl methyl sites for hydroxylation is 1. The highest BCUT2D eigenvalue weighted by Crippen LogP contribution is 2.24. The molecule has 0 spiro atoms. The van der Waals surface area contributed by atoms with Gasteiger partial charge in [0.2, 0.25) is 0 Å². The van der Waals surface area contributed by atoms with E-state index in [1.165, 1.54) is 5.56 Å². The van der Waals surface area contributed by atoms with Crippen LogP contribution in [0.1, 0.15) is 21.7 Å². The number of carbonyl (C=O) groups is 1. The van der Waals surface area contributed by atoms with Crippen LogP contribution in [-0.4, -0.2) is 21.8 Å². The summed E-state index contributed by atoms with van der Waals surface area (Å²) in [5.41, 5.74) is 2.78. The number of nitrogens with one attached hydrogen (secondary N) is 1. The van der Waals surface area contributed by atoms with Crippen LogP contribution in [-0.2, 0) is 6.42 Å². The minimum Gasteiger partial charge on any atom is -0.350 e. The predicted molar refractivity (Wildman–Crippen MR) is 92.4 cm³/mol. The van der Waals surface area contributed by atoms with Crippen molar-refractivity contribution >= 4 is 34.8 Å². The zero-order valence-electron chi connectivity index (χ0n) is 12.5. The molecule has 0 saturated heterocycles. The first-order valence-electron chi connectivity index (χ1n) is 7.22. The second-order valence-corrected chi connectivity index (χ2v) is 6.08. The molecular weight excluding hydrogens is 333 g/mol. The topological polar surface area (TPSA) is 46.4 Å². The van der Waals surface area contributed by atoms with Crippen molar-refractivity contribution in [3.63, 3.8) is 0 Å². The van der Waals surface area contributed by atoms with E-state index in [1.54, 1.807) is 23.6 Å². The molecule has 0 atom stereocenters. The molecule has 0 aliphatic carbocycles. The van der Waals surface area contributed by atoms with Gasteiger partial charge in [0.15, 0.2) is 5.65 Å². The summed E-state index contributed by atoms with van der Waals surface area (Å²) in [5.74, 6) is -0.190. The van der Waals surface area contributed by atoms with Gasteiger partial charge in [-0.15, -0.1) is 0 Å². The fourth-order valence-electron chi connectivity index (χ4n) is 2.51. The number of aromatic nitrogens is 2. The molecule has 0 bridgehead atoms. The Morgan fingerprint density at radius 1 is 1.26 bits per heavy atom. The van der Waals surface area contributed by atoms with Gasteiger partial charge in [0.25, 0.3) is 5.91 Å². The van der Waals surface area contributed by atoms with Gasteiger partial charge >= 0.3 is 0 Å². The second kappa shape index (κ2) is 6.60. The van der Waals surface area contributed by atoms with Gasteiger partial charge in [-0.05, 0) is 25.0 Å². The van der Waals surface area contributed by atoms with E-state index in [4.69, 9.17) is 23.2 Å². The van der Waals surface area contributed by atoms with Gasteiger partial charge in [-0.25, -0.2) is 4.98 Å². The number of fused-ring (bicyclic) bond motifs is 1. The Labute approximate surface area is 144 Å². The van der Waals surface area contributed by atoms with Crippen LogP contribution in [0.15, 0.2) is 42.6 Å². The molecule has 2 aromatic heterocycles. The van der Waals surface area contributed by atoms with Crippen molar-refractivity contribution in [3.05, 3.63) is 69.6 Å². The van der Waals surface area contributed by atoms with E-state index >= 15 is 0 Å². The number of hydrogen-bond donors (Lipinski definition) is 1. The molecule has 3 rings (SSSR count). The number of imidazole rings is 1. The molecule has 1 amide bonds. The van der Waals surface area contributed by atoms with Gasteiger partial charge in [0.1, 0.15) is 5.69 Å². The Kier molecular flexibility index (Phi) is 4.55. The maximum absolute atomic E-state index is 12.5. The fraction of sp³-hybridized carbons (Fsp3) is 0.176. The van der Waals surface area contributed by atoms with Crippen molar-refractivity contribution in [2.45, 2.75) is 13.3 Å². The molecule has 0 fully saturated rings. The third-order valence-corrected chi connectivity index (χ3v) is 4.06. The number of hydrogen-bond acceptors (Lipinski definition) is 2. The molecule has 6 heteroatoms. The SMILES string of the molecule is Cc1nc2c(Cl)cc(Cl)cn2c1C(=O)NCCc1ccccc1. The summed E-state index contributed by atoms with van der Waals surface area (Å²) in [4.78, 5) is 16.8. The Balaban J connectivity index is 1.79. The van der Waals surface area contributed by atoms with Crippen molar-refractivity contribution in [2.24, 2.45) is 0 Å². The van der Waals surface area contributed by atoms with Crippen molar-refractivity contribution in [1.82, 2.24) is 14.7 Å². The molecule has 0 aliphatic rings. The lowest BCUT2D eigenvalue weighted by Gasteiger charge is -2.07. The summed E-state index contributed by atoms with van der Waals surface area (Å²) >= 11 is 12.2. The molecule has 3 aromatic rings. The summed E-state index contributed by atoms with van der Waals surface area (Å²) in [5, 5.41) is 3.80. The average molecular weight is 348 g/mol. The molecule has 2 heterocycles. The molecule has 0 saturated carbocycles. The highest BCUT2D eigenvalue weighted by Gasteiger charge is 2.18. The van der Waals surface area contributed by atoms with Crippen molar-refractivity contribution in [2.75, 3.05) is 6.54 Å². The lowest BCUT2D eigenvalue weighted by atomic mass is 10.1. The monoisotopic (exact) mass is 347 g/mol. The molecule has 23 heavy (non-hydrogen) atoms. The first-order valence-corrected chi connectivity index (χ1v) is 7.97. The van der Waals surface area contributed by atoms with E-state index in [9.17, 15) is 4.79 Å². The number of halogens is 2. The van der Waals surface area contributed by atoms with E-state index in [0.29, 0.717) is 33.6 Å². The lowest BCUT2D eigenvalue weighted by molar-refractivity contribution is 0.0947. The first kappa shape index (κ1) is 15.8. The Hall–Kier alpha value is -2.04. The van der Waals surface area contributed by atoms with Crippen molar-refractivity contribution in [3.8, 4) is 0 Å². The smallest absolute Gasteiger partial charge is 0.270 e. The minimum absolute atomic E-state index is 0.190. The molecule has 1 aromatic carbocycles. The van der Waals surface area contributed by atoms with Crippen LogP contribution in [0.5, 0.6) is 0 Å². The summed E-state index contributed by atoms with van der Waals surface area (Å²) < 4.78 is 1.64. The van der Waals surface area contributed by atoms with Crippen LogP contribution in [0.3, 0.4) is 0 Å². The van der Waals surface area contributed by atoms with Gasteiger partial charge in [-0.3, -0.25) is 9.20 Å². The Bertz CT molecular complexity index is 859. The zero-order valence-corrected chi connectivity index (χ0v) is 14.0. The highest BCUT2D eigenvalue weighted by atomic mass is 35.5. The number of amides is 1. The van der Waals surface area contributed by atoms with Crippen LogP contribution in [0.4, 0.5) is 0 Å². The summed E-state index contributed by atoms with van der Waals surface area (Å²) in [6, 6.07) is 11.6. The van der Waals surface area contributed by atoms with Gasteiger partial charge in [-0.2, -0.15) is 0 Å². The van der Waals surface area contributed by atoms with Crippen LogP contribution in [0.2, 0.25) is 10.0 Å². The van der Waals surface area contributed by atoms with E-state index in [-0.39, 0.29) is 5.91 Å². The lowest BCUT2D eigenvalue weighted by Crippen LogP contribution is -2.27. The van der Waals surface area contributed by atoms with Crippen molar-refractivity contribution < 1.29 is 4.79 Å². The fourth-order valence-corrected chi connectivity index (χ4v) is 3.02. The van der Waals surface area contributed by atoms with Gasteiger partial charge in [0, 0.05) is 12.7 Å². The van der Waals surface area contributed by atoms with Crippen LogP contribution in [0, 0.1) is 6.92 Å². The largest absolute Gasteiger partial charge is 0.350 e. The van der Waals surface area contributed by atoms with Crippen molar-refractivity contribution in [1.29, 1.82) is 0 Å². The third kappa shape index (κ3) is 3.33. The predicted octanol–water partition coefficient (Wildman–Crippen LogP) is 3.92. The molecule has 0 radical (unpaired) electrons. The van der Waals surface area contributed by atoms with Gasteiger partial charge < -0.3 is 5.32 Å². The number of carbonyl (C=O) groups excluding carboxylic acids is 1. The van der Waals surface area contributed by atoms with Crippen LogP contribution < -0.4 is 5.32 Å². The minimum atomic E-state index is -0.190. The summed E-state index contributed by atoms with van der Waals surface area (Å²) in [7, 11) is 0. The molecule has 4 nitrogen and oxygen atoms in total. The number of benzene rings is 1. The average Bonchev–Trinajstić information content (AvgIpc) is 2.85. The van der Waals surface area contributed by atoms with E-state index in [2.05, 4.69) is 10.3 Å². The van der Waals surface area contributed by atoms with Crippen LogP contribution >= 0.6 is 23.2 Å².